The fourth-order valence-corrected chi connectivity index (χ4v) is 2.97. The predicted molar refractivity (Wildman–Crippen MR) is 57.8 cm³/mol. The number of hydrogen-bond donors (Lipinski definition) is 0. The van der Waals surface area contributed by atoms with Gasteiger partial charge in [-0.25, -0.2) is 0 Å². The van der Waals surface area contributed by atoms with Gasteiger partial charge >= 0.3 is 0 Å². The highest BCUT2D eigenvalue weighted by molar-refractivity contribution is 9.10. The predicted octanol–water partition coefficient (Wildman–Crippen LogP) is 3.88. The van der Waals surface area contributed by atoms with Gasteiger partial charge < -0.3 is 0 Å². The minimum atomic E-state index is 1.21. The molecular formula is C10H11BrS. The van der Waals surface area contributed by atoms with Crippen LogP contribution in [0.15, 0.2) is 27.6 Å². The van der Waals surface area contributed by atoms with Gasteiger partial charge in [0.05, 0.1) is 0 Å². The SMILES string of the molecule is Brc1ccc2c(c1)CCCCS2. The molecule has 0 unspecified atom stereocenters. The van der Waals surface area contributed by atoms with Crippen molar-refractivity contribution in [3.63, 3.8) is 0 Å². The van der Waals surface area contributed by atoms with Gasteiger partial charge in [-0.1, -0.05) is 15.9 Å². The zero-order chi connectivity index (χ0) is 8.39. The summed E-state index contributed by atoms with van der Waals surface area (Å²) in [4.78, 5) is 1.48. The van der Waals surface area contributed by atoms with Crippen molar-refractivity contribution in [3.8, 4) is 0 Å². The lowest BCUT2D eigenvalue weighted by Gasteiger charge is -2.03. The van der Waals surface area contributed by atoms with Gasteiger partial charge in [-0.3, -0.25) is 0 Å². The fourth-order valence-electron chi connectivity index (χ4n) is 1.48. The third-order valence-electron chi connectivity index (χ3n) is 2.12. The second kappa shape index (κ2) is 3.84. The summed E-state index contributed by atoms with van der Waals surface area (Å²) in [5.74, 6) is 1.29. The molecule has 0 N–H and O–H groups in total. The zero-order valence-corrected chi connectivity index (χ0v) is 9.25. The number of benzene rings is 1. The lowest BCUT2D eigenvalue weighted by molar-refractivity contribution is 0.804. The summed E-state index contributed by atoms with van der Waals surface area (Å²) in [6, 6.07) is 6.63. The maximum atomic E-state index is 3.51. The average molecular weight is 243 g/mol. The van der Waals surface area contributed by atoms with Crippen molar-refractivity contribution in [1.82, 2.24) is 0 Å². The van der Waals surface area contributed by atoms with Crippen molar-refractivity contribution < 1.29 is 0 Å². The number of halogens is 1. The van der Waals surface area contributed by atoms with Crippen molar-refractivity contribution in [2.24, 2.45) is 0 Å². The first kappa shape index (κ1) is 8.64. The molecule has 1 aliphatic rings. The van der Waals surface area contributed by atoms with Gasteiger partial charge in [0, 0.05) is 9.37 Å². The van der Waals surface area contributed by atoms with E-state index in [1.165, 1.54) is 39.9 Å². The molecule has 0 nitrogen and oxygen atoms in total. The maximum Gasteiger partial charge on any atom is 0.0178 e. The minimum absolute atomic E-state index is 1.21. The molecule has 1 heterocycles. The van der Waals surface area contributed by atoms with Crippen molar-refractivity contribution in [2.45, 2.75) is 24.2 Å². The number of thioether (sulfide) groups is 1. The molecule has 2 rings (SSSR count). The molecule has 0 spiro atoms. The van der Waals surface area contributed by atoms with Gasteiger partial charge in [-0.2, -0.15) is 0 Å². The summed E-state index contributed by atoms with van der Waals surface area (Å²) in [6.07, 6.45) is 3.95. The number of fused-ring (bicyclic) bond motifs is 1. The van der Waals surface area contributed by atoms with Crippen LogP contribution in [0.25, 0.3) is 0 Å². The van der Waals surface area contributed by atoms with E-state index in [1.807, 2.05) is 11.8 Å². The largest absolute Gasteiger partial charge is 0.126 e. The van der Waals surface area contributed by atoms with E-state index in [1.54, 1.807) is 0 Å². The fraction of sp³-hybridized carbons (Fsp3) is 0.400. The van der Waals surface area contributed by atoms with Gasteiger partial charge in [0.1, 0.15) is 0 Å². The van der Waals surface area contributed by atoms with Gasteiger partial charge in [0.2, 0.25) is 0 Å². The molecule has 0 aromatic heterocycles. The quantitative estimate of drug-likeness (QED) is 0.666. The van der Waals surface area contributed by atoms with Crippen LogP contribution >= 0.6 is 27.7 Å². The Kier molecular flexibility index (Phi) is 2.76. The topological polar surface area (TPSA) is 0 Å². The lowest BCUT2D eigenvalue weighted by atomic mass is 10.1. The Morgan fingerprint density at radius 3 is 3.08 bits per heavy atom. The first-order valence-electron chi connectivity index (χ1n) is 4.27. The van der Waals surface area contributed by atoms with Crippen LogP contribution in [-0.2, 0) is 6.42 Å². The van der Waals surface area contributed by atoms with E-state index < -0.39 is 0 Å². The Hall–Kier alpha value is 0.0500. The molecular weight excluding hydrogens is 232 g/mol. The van der Waals surface area contributed by atoms with E-state index in [0.717, 1.165) is 0 Å². The van der Waals surface area contributed by atoms with E-state index in [4.69, 9.17) is 0 Å². The summed E-state index contributed by atoms with van der Waals surface area (Å²) >= 11 is 5.50. The molecule has 0 radical (unpaired) electrons. The normalized spacial score (nSPS) is 16.8. The van der Waals surface area contributed by atoms with Crippen LogP contribution in [0.1, 0.15) is 18.4 Å². The molecule has 2 heteroatoms. The van der Waals surface area contributed by atoms with Crippen molar-refractivity contribution in [3.05, 3.63) is 28.2 Å². The second-order valence-corrected chi connectivity index (χ2v) is 5.11. The maximum absolute atomic E-state index is 3.51. The number of rotatable bonds is 0. The lowest BCUT2D eigenvalue weighted by Crippen LogP contribution is -1.84. The van der Waals surface area contributed by atoms with Crippen molar-refractivity contribution >= 4 is 27.7 Å². The van der Waals surface area contributed by atoms with E-state index in [2.05, 4.69) is 34.1 Å². The summed E-state index contributed by atoms with van der Waals surface area (Å²) < 4.78 is 1.21. The van der Waals surface area contributed by atoms with E-state index in [0.29, 0.717) is 0 Å². The summed E-state index contributed by atoms with van der Waals surface area (Å²) in [6.45, 7) is 0. The monoisotopic (exact) mass is 242 g/mol. The molecule has 0 atom stereocenters. The van der Waals surface area contributed by atoms with Crippen LogP contribution in [0.2, 0.25) is 0 Å². The smallest absolute Gasteiger partial charge is 0.0178 e. The molecule has 12 heavy (non-hydrogen) atoms. The van der Waals surface area contributed by atoms with Crippen LogP contribution in [0.5, 0.6) is 0 Å². The standard InChI is InChI=1S/C10H11BrS/c11-9-4-5-10-8(7-9)3-1-2-6-12-10/h4-5,7H,1-3,6H2. The van der Waals surface area contributed by atoms with E-state index in [9.17, 15) is 0 Å². The van der Waals surface area contributed by atoms with Crippen molar-refractivity contribution in [1.29, 1.82) is 0 Å². The highest BCUT2D eigenvalue weighted by Crippen LogP contribution is 2.30. The zero-order valence-electron chi connectivity index (χ0n) is 6.85. The molecule has 0 amide bonds. The Morgan fingerprint density at radius 2 is 2.17 bits per heavy atom. The highest BCUT2D eigenvalue weighted by atomic mass is 79.9. The van der Waals surface area contributed by atoms with Crippen LogP contribution in [0.4, 0.5) is 0 Å². The first-order chi connectivity index (χ1) is 5.86. The van der Waals surface area contributed by atoms with E-state index in [-0.39, 0.29) is 0 Å². The summed E-state index contributed by atoms with van der Waals surface area (Å²) in [5, 5.41) is 0. The molecule has 64 valence electrons. The Labute approximate surface area is 85.9 Å². The molecule has 1 aromatic rings. The number of hydrogen-bond acceptors (Lipinski definition) is 1. The highest BCUT2D eigenvalue weighted by Gasteiger charge is 2.07. The Morgan fingerprint density at radius 1 is 1.25 bits per heavy atom. The van der Waals surface area contributed by atoms with Gasteiger partial charge in [0.25, 0.3) is 0 Å². The van der Waals surface area contributed by atoms with Crippen LogP contribution < -0.4 is 0 Å². The van der Waals surface area contributed by atoms with Gasteiger partial charge in [-0.05, 0) is 48.8 Å². The Bertz CT molecular complexity index is 283. The molecule has 0 saturated carbocycles. The third-order valence-corrected chi connectivity index (χ3v) is 3.82. The Balaban J connectivity index is 2.36. The average Bonchev–Trinajstić information content (AvgIpc) is 2.28. The number of aryl methyl sites for hydroxylation is 1. The van der Waals surface area contributed by atoms with Crippen LogP contribution in [0, 0.1) is 0 Å². The van der Waals surface area contributed by atoms with Gasteiger partial charge in [-0.15, -0.1) is 11.8 Å². The second-order valence-electron chi connectivity index (χ2n) is 3.06. The molecule has 1 aromatic carbocycles. The summed E-state index contributed by atoms with van der Waals surface area (Å²) in [7, 11) is 0. The molecule has 0 saturated heterocycles. The minimum Gasteiger partial charge on any atom is -0.126 e. The molecule has 0 fully saturated rings. The third kappa shape index (κ3) is 1.86. The van der Waals surface area contributed by atoms with E-state index >= 15 is 0 Å². The molecule has 0 aliphatic carbocycles. The van der Waals surface area contributed by atoms with Crippen LogP contribution in [-0.4, -0.2) is 5.75 Å². The van der Waals surface area contributed by atoms with Crippen LogP contribution in [0.3, 0.4) is 0 Å². The molecule has 1 aliphatic heterocycles. The molecule has 0 bridgehead atoms. The summed E-state index contributed by atoms with van der Waals surface area (Å²) in [5.41, 5.74) is 1.52. The van der Waals surface area contributed by atoms with Crippen molar-refractivity contribution in [2.75, 3.05) is 5.75 Å². The first-order valence-corrected chi connectivity index (χ1v) is 6.05. The van der Waals surface area contributed by atoms with Gasteiger partial charge in [0.15, 0.2) is 0 Å².